The number of phosphoric acid groups is 3. The minimum absolute atomic E-state index is 0.0111. The summed E-state index contributed by atoms with van der Waals surface area (Å²) in [4.78, 5) is 86.8. The lowest BCUT2D eigenvalue weighted by Crippen LogP contribution is -2.14. The molecule has 1 aliphatic heterocycles. The minimum Gasteiger partial charge on any atom is -0.394 e. The number of nitrogens with zero attached hydrogens (tertiary/aromatic N) is 3. The predicted molar refractivity (Wildman–Crippen MR) is 101 cm³/mol. The van der Waals surface area contributed by atoms with Gasteiger partial charge in [0.1, 0.15) is 6.23 Å². The number of nitrogens with one attached hydrogen (secondary N) is 1. The average molecular weight is 530 g/mol. The van der Waals surface area contributed by atoms with Gasteiger partial charge in [-0.3, -0.25) is 9.36 Å². The Morgan fingerprint density at radius 2 is 1.41 bits per heavy atom. The molecule has 2 aromatic rings. The van der Waals surface area contributed by atoms with Gasteiger partial charge in [0.05, 0.1) is 25.4 Å². The first kappa shape index (κ1) is 30.6. The molecule has 1 saturated heterocycles. The number of fused-ring (bicyclic) bond motifs is 1. The third-order valence-corrected chi connectivity index (χ3v) is 2.96. The van der Waals surface area contributed by atoms with Gasteiger partial charge in [-0.1, -0.05) is 0 Å². The Labute approximate surface area is 177 Å². The van der Waals surface area contributed by atoms with Crippen molar-refractivity contribution in [2.45, 2.75) is 25.2 Å². The predicted octanol–water partition coefficient (Wildman–Crippen LogP) is -3.00. The number of aliphatic hydroxyl groups is 1. The zero-order valence-corrected chi connectivity index (χ0v) is 18.3. The second-order valence-electron chi connectivity index (χ2n) is 5.57. The maximum atomic E-state index is 11.5. The molecule has 0 bridgehead atoms. The van der Waals surface area contributed by atoms with Gasteiger partial charge in [0.25, 0.3) is 5.56 Å². The number of aromatic nitrogens is 4. The molecule has 19 nitrogen and oxygen atoms in total. The van der Waals surface area contributed by atoms with Crippen LogP contribution in [0.4, 0.5) is 0 Å². The molecule has 22 heteroatoms. The fraction of sp³-hybridized carbons (Fsp3) is 0.500. The summed E-state index contributed by atoms with van der Waals surface area (Å²) >= 11 is 0. The number of aliphatic hydroxyl groups excluding tert-OH is 1. The lowest BCUT2D eigenvalue weighted by molar-refractivity contribution is -0.0207. The lowest BCUT2D eigenvalue weighted by Gasteiger charge is -2.13. The van der Waals surface area contributed by atoms with E-state index in [1.54, 1.807) is 10.9 Å². The van der Waals surface area contributed by atoms with E-state index in [0.29, 0.717) is 11.2 Å². The first-order valence-corrected chi connectivity index (χ1v) is 12.5. The maximum absolute atomic E-state index is 11.5. The molecule has 2 aromatic heterocycles. The Kier molecular flexibility index (Phi) is 12.2. The van der Waals surface area contributed by atoms with E-state index in [0.717, 1.165) is 12.8 Å². The van der Waals surface area contributed by atoms with Gasteiger partial charge in [0.15, 0.2) is 11.2 Å². The first-order valence-electron chi connectivity index (χ1n) is 7.81. The van der Waals surface area contributed by atoms with Gasteiger partial charge in [0, 0.05) is 0 Å². The van der Waals surface area contributed by atoms with Crippen molar-refractivity contribution in [1.29, 1.82) is 0 Å². The van der Waals surface area contributed by atoms with Crippen molar-refractivity contribution in [3.8, 4) is 0 Å². The summed E-state index contributed by atoms with van der Waals surface area (Å²) < 4.78 is 34.0. The number of hydrogen-bond acceptors (Lipinski definition) is 8. The summed E-state index contributed by atoms with van der Waals surface area (Å²) in [5.41, 5.74) is 0.561. The van der Waals surface area contributed by atoms with Crippen LogP contribution in [-0.4, -0.2) is 81.4 Å². The molecule has 0 amide bonds. The van der Waals surface area contributed by atoms with Crippen molar-refractivity contribution in [1.82, 2.24) is 19.5 Å². The highest BCUT2D eigenvalue weighted by atomic mass is 31.2. The molecule has 0 spiro atoms. The SMILES string of the molecule is O=P(O)(O)O.O=P(O)(O)O.O=P(O)(O)O.O=c1[nH]cnc2c1ncn2[C@H]1CC[C@@H](CO)O1. The molecule has 3 heterocycles. The molecule has 0 aromatic carbocycles. The molecule has 0 unspecified atom stereocenters. The smallest absolute Gasteiger partial charge is 0.394 e. The van der Waals surface area contributed by atoms with E-state index < -0.39 is 23.5 Å². The Hall–Kier alpha value is -1.40. The van der Waals surface area contributed by atoms with E-state index in [9.17, 15) is 4.79 Å². The molecular weight excluding hydrogens is 509 g/mol. The zero-order chi connectivity index (χ0) is 25.3. The highest BCUT2D eigenvalue weighted by molar-refractivity contribution is 7.45. The standard InChI is InChI=1S/C10H12N4O3.3H3O4P/c15-3-6-1-2-7(17-6)14-5-13-8-9(14)11-4-12-10(8)16;3*1-5(2,3)4/h4-7,15H,1-3H2,(H,11,12,16);3*(H3,1,2,3,4)/t6-,7+;;;/m0.../s1. The van der Waals surface area contributed by atoms with Crippen molar-refractivity contribution < 1.29 is 67.6 Å². The van der Waals surface area contributed by atoms with Gasteiger partial charge >= 0.3 is 23.5 Å². The second kappa shape index (κ2) is 12.7. The minimum atomic E-state index is -4.64. The van der Waals surface area contributed by atoms with E-state index in [1.165, 1.54) is 6.33 Å². The number of rotatable bonds is 2. The number of H-pyrrole nitrogens is 1. The van der Waals surface area contributed by atoms with E-state index >= 15 is 0 Å². The van der Waals surface area contributed by atoms with Crippen molar-refractivity contribution in [2.75, 3.05) is 6.61 Å². The van der Waals surface area contributed by atoms with E-state index in [-0.39, 0.29) is 24.5 Å². The Bertz CT molecular complexity index is 965. The Morgan fingerprint density at radius 1 is 0.938 bits per heavy atom. The lowest BCUT2D eigenvalue weighted by atomic mass is 10.2. The Balaban J connectivity index is 0.000000530. The molecule has 1 fully saturated rings. The average Bonchev–Trinajstić information content (AvgIpc) is 3.16. The second-order valence-corrected chi connectivity index (χ2v) is 8.65. The third kappa shape index (κ3) is 16.3. The molecule has 2 atom stereocenters. The Morgan fingerprint density at radius 3 is 1.81 bits per heavy atom. The molecule has 0 aliphatic carbocycles. The zero-order valence-electron chi connectivity index (χ0n) is 15.6. The molecule has 3 rings (SSSR count). The normalized spacial score (nSPS) is 18.6. The molecular formula is C10H21N4O15P3. The van der Waals surface area contributed by atoms with Crippen LogP contribution < -0.4 is 5.56 Å². The highest BCUT2D eigenvalue weighted by Crippen LogP contribution is 2.29. The number of hydrogen-bond donors (Lipinski definition) is 11. The van der Waals surface area contributed by atoms with Crippen LogP contribution in [0.25, 0.3) is 11.2 Å². The maximum Gasteiger partial charge on any atom is 0.466 e. The van der Waals surface area contributed by atoms with Crippen molar-refractivity contribution >= 4 is 34.6 Å². The van der Waals surface area contributed by atoms with Gasteiger partial charge in [-0.2, -0.15) is 0 Å². The van der Waals surface area contributed by atoms with Crippen molar-refractivity contribution in [2.24, 2.45) is 0 Å². The van der Waals surface area contributed by atoms with E-state index in [4.69, 9.17) is 67.6 Å². The van der Waals surface area contributed by atoms with Gasteiger partial charge in [0.2, 0.25) is 0 Å². The topological polar surface area (TPSA) is 326 Å². The van der Waals surface area contributed by atoms with Crippen LogP contribution in [0.2, 0.25) is 0 Å². The fourth-order valence-electron chi connectivity index (χ4n) is 2.10. The number of imidazole rings is 1. The van der Waals surface area contributed by atoms with Crippen LogP contribution in [0.3, 0.4) is 0 Å². The first-order chi connectivity index (χ1) is 14.3. The van der Waals surface area contributed by atoms with Gasteiger partial charge < -0.3 is 58.9 Å². The van der Waals surface area contributed by atoms with Gasteiger partial charge in [-0.05, 0) is 12.8 Å². The highest BCUT2D eigenvalue weighted by Gasteiger charge is 2.27. The van der Waals surface area contributed by atoms with Gasteiger partial charge in [-0.25, -0.2) is 23.7 Å². The van der Waals surface area contributed by atoms with E-state index in [1.807, 2.05) is 0 Å². The summed E-state index contributed by atoms with van der Waals surface area (Å²) in [5.74, 6) is 0. The fourth-order valence-corrected chi connectivity index (χ4v) is 2.10. The number of ether oxygens (including phenoxy) is 1. The monoisotopic (exact) mass is 530 g/mol. The van der Waals surface area contributed by atoms with Crippen LogP contribution in [0.15, 0.2) is 17.4 Å². The van der Waals surface area contributed by atoms with Crippen molar-refractivity contribution in [3.63, 3.8) is 0 Å². The molecule has 32 heavy (non-hydrogen) atoms. The van der Waals surface area contributed by atoms with Crippen LogP contribution in [0, 0.1) is 0 Å². The summed E-state index contributed by atoms with van der Waals surface area (Å²) in [7, 11) is -13.9. The van der Waals surface area contributed by atoms with Crippen LogP contribution in [-0.2, 0) is 18.4 Å². The summed E-state index contributed by atoms with van der Waals surface area (Å²) in [5, 5.41) is 9.02. The molecule has 11 N–H and O–H groups in total. The quantitative estimate of drug-likeness (QED) is 0.172. The largest absolute Gasteiger partial charge is 0.466 e. The molecule has 186 valence electrons. The third-order valence-electron chi connectivity index (χ3n) is 2.96. The van der Waals surface area contributed by atoms with E-state index in [2.05, 4.69) is 15.0 Å². The van der Waals surface area contributed by atoms with Gasteiger partial charge in [-0.15, -0.1) is 0 Å². The van der Waals surface area contributed by atoms with Crippen molar-refractivity contribution in [3.05, 3.63) is 23.0 Å². The molecule has 1 aliphatic rings. The molecule has 0 saturated carbocycles. The van der Waals surface area contributed by atoms with Crippen LogP contribution >= 0.6 is 23.5 Å². The number of aromatic amines is 1. The summed E-state index contributed by atoms with van der Waals surface area (Å²) in [6.45, 7) is 0.0111. The summed E-state index contributed by atoms with van der Waals surface area (Å²) in [6.07, 6.45) is 4.14. The van der Waals surface area contributed by atoms with Crippen LogP contribution in [0.1, 0.15) is 19.1 Å². The summed E-state index contributed by atoms with van der Waals surface area (Å²) in [6, 6.07) is 0. The molecule has 0 radical (unpaired) electrons. The van der Waals surface area contributed by atoms with Crippen LogP contribution in [0.5, 0.6) is 0 Å².